The molecule has 1 amide bonds. The van der Waals surface area contributed by atoms with Crippen LogP contribution in [0.1, 0.15) is 50.2 Å². The Hall–Kier alpha value is -2.62. The van der Waals surface area contributed by atoms with Crippen molar-refractivity contribution in [1.82, 2.24) is 9.47 Å². The first-order valence-corrected chi connectivity index (χ1v) is 10.7. The monoisotopic (exact) mass is 392 g/mol. The van der Waals surface area contributed by atoms with Crippen molar-refractivity contribution >= 4 is 16.8 Å². The lowest BCUT2D eigenvalue weighted by molar-refractivity contribution is -0.132. The van der Waals surface area contributed by atoms with Gasteiger partial charge in [-0.1, -0.05) is 37.3 Å². The molecule has 0 saturated carbocycles. The molecule has 0 bridgehead atoms. The van der Waals surface area contributed by atoms with Crippen molar-refractivity contribution in [2.75, 3.05) is 13.1 Å². The number of fused-ring (bicyclic) bond motifs is 1. The zero-order chi connectivity index (χ0) is 20.4. The standard InChI is InChI=1S/C25H29FN2O/c1-3-27-17-23(21-6-4-5-7-24(21)27)22(19-8-10-20(26)11-9-19)16-25(29)28-14-12-18(2)13-15-28/h4-11,17-18,22H,3,12-16H2,1-2H3. The highest BCUT2D eigenvalue weighted by atomic mass is 19.1. The third-order valence-electron chi connectivity index (χ3n) is 6.32. The van der Waals surface area contributed by atoms with E-state index in [1.165, 1.54) is 23.0 Å². The predicted octanol–water partition coefficient (Wildman–Crippen LogP) is 5.58. The lowest BCUT2D eigenvalue weighted by atomic mass is 9.87. The molecule has 3 nitrogen and oxygen atoms in total. The van der Waals surface area contributed by atoms with Gasteiger partial charge in [0.15, 0.2) is 0 Å². The molecule has 3 aromatic rings. The Balaban J connectivity index is 1.72. The van der Waals surface area contributed by atoms with Gasteiger partial charge in [0.1, 0.15) is 5.82 Å². The van der Waals surface area contributed by atoms with Crippen molar-refractivity contribution in [1.29, 1.82) is 0 Å². The molecule has 0 spiro atoms. The lowest BCUT2D eigenvalue weighted by Gasteiger charge is -2.31. The summed E-state index contributed by atoms with van der Waals surface area (Å²) in [7, 11) is 0. The number of aromatic nitrogens is 1. The van der Waals surface area contributed by atoms with Gasteiger partial charge in [-0.2, -0.15) is 0 Å². The van der Waals surface area contributed by atoms with Gasteiger partial charge in [0.2, 0.25) is 5.91 Å². The summed E-state index contributed by atoms with van der Waals surface area (Å²) < 4.78 is 15.8. The summed E-state index contributed by atoms with van der Waals surface area (Å²) in [5.74, 6) is 0.550. The molecule has 0 N–H and O–H groups in total. The zero-order valence-electron chi connectivity index (χ0n) is 17.3. The molecule has 2 heterocycles. The summed E-state index contributed by atoms with van der Waals surface area (Å²) in [6, 6.07) is 15.0. The van der Waals surface area contributed by atoms with Crippen LogP contribution in [0.2, 0.25) is 0 Å². The number of aryl methyl sites for hydroxylation is 1. The van der Waals surface area contributed by atoms with E-state index in [4.69, 9.17) is 0 Å². The number of benzene rings is 2. The van der Waals surface area contributed by atoms with E-state index in [1.54, 1.807) is 0 Å². The second-order valence-corrected chi connectivity index (χ2v) is 8.26. The van der Waals surface area contributed by atoms with Gasteiger partial charge < -0.3 is 9.47 Å². The van der Waals surface area contributed by atoms with Crippen LogP contribution in [0.4, 0.5) is 4.39 Å². The van der Waals surface area contributed by atoms with Gasteiger partial charge in [-0.3, -0.25) is 4.79 Å². The number of halogens is 1. The van der Waals surface area contributed by atoms with Crippen molar-refractivity contribution < 1.29 is 9.18 Å². The average molecular weight is 393 g/mol. The number of hydrogen-bond donors (Lipinski definition) is 0. The molecule has 0 radical (unpaired) electrons. The molecule has 152 valence electrons. The molecule has 29 heavy (non-hydrogen) atoms. The topological polar surface area (TPSA) is 25.2 Å². The Kier molecular flexibility index (Phi) is 5.70. The summed E-state index contributed by atoms with van der Waals surface area (Å²) in [5, 5.41) is 1.17. The third kappa shape index (κ3) is 4.07. The minimum atomic E-state index is -0.250. The van der Waals surface area contributed by atoms with Crippen LogP contribution in [0, 0.1) is 11.7 Å². The summed E-state index contributed by atoms with van der Waals surface area (Å²) in [6.07, 6.45) is 4.73. The highest BCUT2D eigenvalue weighted by Gasteiger charge is 2.27. The maximum Gasteiger partial charge on any atom is 0.223 e. The Morgan fingerprint density at radius 2 is 1.79 bits per heavy atom. The largest absolute Gasteiger partial charge is 0.347 e. The molecule has 2 aromatic carbocycles. The first-order valence-electron chi connectivity index (χ1n) is 10.7. The molecule has 1 aromatic heterocycles. The van der Waals surface area contributed by atoms with E-state index < -0.39 is 0 Å². The van der Waals surface area contributed by atoms with Crippen LogP contribution in [0.3, 0.4) is 0 Å². The molecule has 1 saturated heterocycles. The number of carbonyl (C=O) groups is 1. The average Bonchev–Trinajstić information content (AvgIpc) is 3.12. The van der Waals surface area contributed by atoms with Gasteiger partial charge in [-0.05, 0) is 55.0 Å². The highest BCUT2D eigenvalue weighted by Crippen LogP contribution is 2.35. The van der Waals surface area contributed by atoms with Crippen molar-refractivity contribution in [3.8, 4) is 0 Å². The van der Waals surface area contributed by atoms with E-state index in [0.29, 0.717) is 12.3 Å². The number of rotatable bonds is 5. The Bertz CT molecular complexity index is 984. The number of carbonyl (C=O) groups excluding carboxylic acids is 1. The fourth-order valence-electron chi connectivity index (χ4n) is 4.48. The second-order valence-electron chi connectivity index (χ2n) is 8.26. The van der Waals surface area contributed by atoms with Crippen LogP contribution in [0.5, 0.6) is 0 Å². The number of amides is 1. The smallest absolute Gasteiger partial charge is 0.223 e. The Morgan fingerprint density at radius 1 is 1.10 bits per heavy atom. The van der Waals surface area contributed by atoms with Crippen LogP contribution in [-0.4, -0.2) is 28.5 Å². The maximum atomic E-state index is 13.6. The summed E-state index contributed by atoms with van der Waals surface area (Å²) in [6.45, 7) is 6.93. The van der Waals surface area contributed by atoms with Gasteiger partial charge in [-0.15, -0.1) is 0 Å². The van der Waals surface area contributed by atoms with E-state index in [2.05, 4.69) is 36.7 Å². The lowest BCUT2D eigenvalue weighted by Crippen LogP contribution is -2.38. The molecular weight excluding hydrogens is 363 g/mol. The molecular formula is C25H29FN2O. The molecule has 4 rings (SSSR count). The van der Waals surface area contributed by atoms with Gasteiger partial charge in [0.25, 0.3) is 0 Å². The van der Waals surface area contributed by atoms with Gasteiger partial charge in [0, 0.05) is 49.1 Å². The molecule has 4 heteroatoms. The number of piperidine rings is 1. The maximum absolute atomic E-state index is 13.6. The highest BCUT2D eigenvalue weighted by molar-refractivity contribution is 5.86. The normalized spacial score (nSPS) is 16.3. The van der Waals surface area contributed by atoms with E-state index in [-0.39, 0.29) is 17.6 Å². The fraction of sp³-hybridized carbons (Fsp3) is 0.400. The molecule has 1 atom stereocenters. The quantitative estimate of drug-likeness (QED) is 0.556. The van der Waals surface area contributed by atoms with Crippen molar-refractivity contribution in [3.05, 3.63) is 71.7 Å². The molecule has 1 fully saturated rings. The molecule has 1 unspecified atom stereocenters. The minimum absolute atomic E-state index is 0.0832. The van der Waals surface area contributed by atoms with Crippen molar-refractivity contribution in [3.63, 3.8) is 0 Å². The van der Waals surface area contributed by atoms with Crippen LogP contribution >= 0.6 is 0 Å². The summed E-state index contributed by atoms with van der Waals surface area (Å²) in [4.78, 5) is 15.2. The van der Waals surface area contributed by atoms with E-state index in [9.17, 15) is 9.18 Å². The van der Waals surface area contributed by atoms with Crippen molar-refractivity contribution in [2.45, 2.75) is 45.6 Å². The van der Waals surface area contributed by atoms with E-state index in [1.807, 2.05) is 29.2 Å². The number of nitrogens with zero attached hydrogens (tertiary/aromatic N) is 2. The van der Waals surface area contributed by atoms with Crippen molar-refractivity contribution in [2.24, 2.45) is 5.92 Å². The second kappa shape index (κ2) is 8.40. The fourth-order valence-corrected chi connectivity index (χ4v) is 4.48. The van der Waals surface area contributed by atoms with Crippen LogP contribution < -0.4 is 0 Å². The number of hydrogen-bond acceptors (Lipinski definition) is 1. The van der Waals surface area contributed by atoms with Crippen LogP contribution in [-0.2, 0) is 11.3 Å². The molecule has 0 aliphatic carbocycles. The van der Waals surface area contributed by atoms with E-state index >= 15 is 0 Å². The van der Waals surface area contributed by atoms with E-state index in [0.717, 1.165) is 43.6 Å². The Morgan fingerprint density at radius 3 is 2.48 bits per heavy atom. The first-order chi connectivity index (χ1) is 14.1. The first kappa shape index (κ1) is 19.7. The van der Waals surface area contributed by atoms with Gasteiger partial charge in [-0.25, -0.2) is 4.39 Å². The van der Waals surface area contributed by atoms with Gasteiger partial charge >= 0.3 is 0 Å². The zero-order valence-corrected chi connectivity index (χ0v) is 17.3. The van der Waals surface area contributed by atoms with Crippen LogP contribution in [0.25, 0.3) is 10.9 Å². The van der Waals surface area contributed by atoms with Crippen LogP contribution in [0.15, 0.2) is 54.7 Å². The SMILES string of the molecule is CCn1cc(C(CC(=O)N2CCC(C)CC2)c2ccc(F)cc2)c2ccccc21. The number of likely N-dealkylation sites (tertiary alicyclic amines) is 1. The van der Waals surface area contributed by atoms with Gasteiger partial charge in [0.05, 0.1) is 0 Å². The third-order valence-corrected chi connectivity index (χ3v) is 6.32. The number of para-hydroxylation sites is 1. The predicted molar refractivity (Wildman–Crippen MR) is 115 cm³/mol. The summed E-state index contributed by atoms with van der Waals surface area (Å²) >= 11 is 0. The molecule has 1 aliphatic heterocycles. The molecule has 1 aliphatic rings. The summed E-state index contributed by atoms with van der Waals surface area (Å²) in [5.41, 5.74) is 3.31. The Labute approximate surface area is 172 Å². The minimum Gasteiger partial charge on any atom is -0.347 e.